The maximum absolute atomic E-state index is 13.3. The summed E-state index contributed by atoms with van der Waals surface area (Å²) in [6.45, 7) is 0.330. The van der Waals surface area contributed by atoms with Crippen molar-refractivity contribution in [3.8, 4) is 23.0 Å². The van der Waals surface area contributed by atoms with E-state index in [0.717, 1.165) is 11.1 Å². The van der Waals surface area contributed by atoms with Crippen LogP contribution in [0.4, 0.5) is 5.69 Å². The number of hydrogen-bond donors (Lipinski definition) is 1. The second kappa shape index (κ2) is 9.19. The second-order valence-electron chi connectivity index (χ2n) is 7.71. The largest absolute Gasteiger partial charge is 0.497 e. The molecule has 0 spiro atoms. The lowest BCUT2D eigenvalue weighted by Crippen LogP contribution is -2.44. The van der Waals surface area contributed by atoms with Crippen LogP contribution < -0.4 is 29.2 Å². The lowest BCUT2D eigenvalue weighted by atomic mass is 10.1. The van der Waals surface area contributed by atoms with Gasteiger partial charge in [0.25, 0.3) is 5.91 Å². The number of rotatable bonds is 6. The summed E-state index contributed by atoms with van der Waals surface area (Å²) in [7, 11) is 1.58. The summed E-state index contributed by atoms with van der Waals surface area (Å²) < 4.78 is 21.8. The maximum atomic E-state index is 13.3. The van der Waals surface area contributed by atoms with E-state index in [2.05, 4.69) is 5.32 Å². The van der Waals surface area contributed by atoms with Gasteiger partial charge in [-0.05, 0) is 53.6 Å². The van der Waals surface area contributed by atoms with E-state index < -0.39 is 5.91 Å². The quantitative estimate of drug-likeness (QED) is 0.569. The number of fused-ring (bicyclic) bond motifs is 2. The van der Waals surface area contributed by atoms with Crippen LogP contribution in [0.2, 0.25) is 0 Å². The van der Waals surface area contributed by atoms with Crippen LogP contribution in [0, 0.1) is 0 Å². The Hall–Kier alpha value is -4.46. The van der Waals surface area contributed by atoms with Gasteiger partial charge in [0.2, 0.25) is 12.7 Å². The Morgan fingerprint density at radius 2 is 1.88 bits per heavy atom. The molecule has 2 heterocycles. The van der Waals surface area contributed by atoms with Gasteiger partial charge in [0, 0.05) is 6.54 Å². The standard InChI is InChI=1S/C26H22N2O6/c1-31-19-6-4-5-17(11-19)12-24-26(30)28(20-7-2-3-8-21(20)34-24)15-25(29)27-14-18-9-10-22-23(13-18)33-16-32-22/h2-13H,14-16H2,1H3,(H,27,29). The van der Waals surface area contributed by atoms with E-state index in [4.69, 9.17) is 18.9 Å². The first-order chi connectivity index (χ1) is 16.6. The SMILES string of the molecule is COc1cccc(C=C2Oc3ccccc3N(CC(=O)NCc3ccc4c(c3)OCO4)C2=O)c1. The third kappa shape index (κ3) is 4.38. The summed E-state index contributed by atoms with van der Waals surface area (Å²) in [6, 6.07) is 19.9. The van der Waals surface area contributed by atoms with Crippen LogP contribution in [-0.4, -0.2) is 32.3 Å². The molecule has 0 saturated carbocycles. The molecule has 1 N–H and O–H groups in total. The van der Waals surface area contributed by atoms with Crippen molar-refractivity contribution >= 4 is 23.6 Å². The van der Waals surface area contributed by atoms with Gasteiger partial charge in [-0.1, -0.05) is 30.3 Å². The van der Waals surface area contributed by atoms with Gasteiger partial charge in [0.15, 0.2) is 23.0 Å². The highest BCUT2D eigenvalue weighted by Crippen LogP contribution is 2.36. The molecule has 5 rings (SSSR count). The Kier molecular flexibility index (Phi) is 5.78. The number of carbonyl (C=O) groups is 2. The van der Waals surface area contributed by atoms with E-state index in [1.165, 1.54) is 4.90 Å². The summed E-state index contributed by atoms with van der Waals surface area (Å²) >= 11 is 0. The number of nitrogens with zero attached hydrogens (tertiary/aromatic N) is 1. The van der Waals surface area contributed by atoms with Crippen LogP contribution in [0.25, 0.3) is 6.08 Å². The smallest absolute Gasteiger partial charge is 0.294 e. The predicted molar refractivity (Wildman–Crippen MR) is 125 cm³/mol. The maximum Gasteiger partial charge on any atom is 0.294 e. The van der Waals surface area contributed by atoms with Gasteiger partial charge in [0.05, 0.1) is 12.8 Å². The van der Waals surface area contributed by atoms with Crippen molar-refractivity contribution in [2.45, 2.75) is 6.54 Å². The number of methoxy groups -OCH3 is 1. The van der Waals surface area contributed by atoms with Crippen molar-refractivity contribution in [3.05, 3.63) is 83.6 Å². The number of hydrogen-bond acceptors (Lipinski definition) is 6. The summed E-state index contributed by atoms with van der Waals surface area (Å²) in [6.07, 6.45) is 1.64. The first kappa shape index (κ1) is 21.4. The minimum atomic E-state index is -0.403. The summed E-state index contributed by atoms with van der Waals surface area (Å²) in [5.74, 6) is 1.91. The third-order valence-corrected chi connectivity index (χ3v) is 5.45. The van der Waals surface area contributed by atoms with Crippen molar-refractivity contribution in [2.75, 3.05) is 25.3 Å². The highest BCUT2D eigenvalue weighted by Gasteiger charge is 2.31. The molecule has 0 radical (unpaired) electrons. The molecule has 8 nitrogen and oxygen atoms in total. The van der Waals surface area contributed by atoms with Gasteiger partial charge in [-0.2, -0.15) is 0 Å². The lowest BCUT2D eigenvalue weighted by Gasteiger charge is -2.30. The zero-order valence-corrected chi connectivity index (χ0v) is 18.4. The predicted octanol–water partition coefficient (Wildman–Crippen LogP) is 3.51. The lowest BCUT2D eigenvalue weighted by molar-refractivity contribution is -0.123. The van der Waals surface area contributed by atoms with Gasteiger partial charge in [-0.3, -0.25) is 14.5 Å². The molecule has 0 unspecified atom stereocenters. The normalized spacial score (nSPS) is 15.0. The molecule has 172 valence electrons. The highest BCUT2D eigenvalue weighted by molar-refractivity contribution is 6.12. The van der Waals surface area contributed by atoms with Gasteiger partial charge < -0.3 is 24.3 Å². The third-order valence-electron chi connectivity index (χ3n) is 5.45. The molecule has 0 aliphatic carbocycles. The molecule has 34 heavy (non-hydrogen) atoms. The summed E-state index contributed by atoms with van der Waals surface area (Å²) in [5, 5.41) is 2.86. The van der Waals surface area contributed by atoms with Crippen LogP contribution in [0.5, 0.6) is 23.0 Å². The number of benzene rings is 3. The van der Waals surface area contributed by atoms with E-state index in [9.17, 15) is 9.59 Å². The van der Waals surface area contributed by atoms with Gasteiger partial charge in [0.1, 0.15) is 12.3 Å². The molecule has 0 saturated heterocycles. The number of carbonyl (C=O) groups excluding carboxylic acids is 2. The molecule has 3 aromatic carbocycles. The average Bonchev–Trinajstić information content (AvgIpc) is 3.33. The average molecular weight is 458 g/mol. The van der Waals surface area contributed by atoms with Crippen molar-refractivity contribution in [1.29, 1.82) is 0 Å². The number of ether oxygens (including phenoxy) is 4. The van der Waals surface area contributed by atoms with Crippen molar-refractivity contribution in [1.82, 2.24) is 5.32 Å². The number of nitrogens with one attached hydrogen (secondary N) is 1. The first-order valence-corrected chi connectivity index (χ1v) is 10.7. The second-order valence-corrected chi connectivity index (χ2v) is 7.71. The van der Waals surface area contributed by atoms with E-state index in [1.54, 1.807) is 43.5 Å². The topological polar surface area (TPSA) is 86.3 Å². The highest BCUT2D eigenvalue weighted by atomic mass is 16.7. The molecule has 2 aliphatic rings. The van der Waals surface area contributed by atoms with E-state index in [1.807, 2.05) is 36.4 Å². The minimum Gasteiger partial charge on any atom is -0.497 e. The fourth-order valence-corrected chi connectivity index (χ4v) is 3.75. The molecule has 0 fully saturated rings. The van der Waals surface area contributed by atoms with Crippen LogP contribution in [0.3, 0.4) is 0 Å². The first-order valence-electron chi connectivity index (χ1n) is 10.7. The fourth-order valence-electron chi connectivity index (χ4n) is 3.75. The molecular weight excluding hydrogens is 436 g/mol. The van der Waals surface area contributed by atoms with Crippen molar-refractivity contribution in [2.24, 2.45) is 0 Å². The number of para-hydroxylation sites is 2. The molecule has 3 aromatic rings. The van der Waals surface area contributed by atoms with Crippen LogP contribution >= 0.6 is 0 Å². The number of anilines is 1. The molecule has 2 amide bonds. The van der Waals surface area contributed by atoms with E-state index in [0.29, 0.717) is 35.2 Å². The summed E-state index contributed by atoms with van der Waals surface area (Å²) in [5.41, 5.74) is 2.15. The van der Waals surface area contributed by atoms with Gasteiger partial charge >= 0.3 is 0 Å². The van der Waals surface area contributed by atoms with Crippen molar-refractivity contribution < 1.29 is 28.5 Å². The van der Waals surface area contributed by atoms with E-state index in [-0.39, 0.29) is 25.0 Å². The van der Waals surface area contributed by atoms with Gasteiger partial charge in [-0.25, -0.2) is 0 Å². The monoisotopic (exact) mass is 458 g/mol. The molecule has 8 heteroatoms. The van der Waals surface area contributed by atoms with Crippen LogP contribution in [-0.2, 0) is 16.1 Å². The molecule has 0 aromatic heterocycles. The Labute approximate surface area is 196 Å². The van der Waals surface area contributed by atoms with E-state index >= 15 is 0 Å². The molecular formula is C26H22N2O6. The molecule has 0 atom stereocenters. The zero-order valence-electron chi connectivity index (χ0n) is 18.4. The fraction of sp³-hybridized carbons (Fsp3) is 0.154. The summed E-state index contributed by atoms with van der Waals surface area (Å²) in [4.78, 5) is 27.5. The Bertz CT molecular complexity index is 1290. The van der Waals surface area contributed by atoms with Crippen LogP contribution in [0.1, 0.15) is 11.1 Å². The van der Waals surface area contributed by atoms with Crippen LogP contribution in [0.15, 0.2) is 72.5 Å². The Balaban J connectivity index is 1.33. The Morgan fingerprint density at radius 1 is 1.03 bits per heavy atom. The zero-order chi connectivity index (χ0) is 23.5. The molecule has 0 bridgehead atoms. The van der Waals surface area contributed by atoms with Gasteiger partial charge in [-0.15, -0.1) is 0 Å². The Morgan fingerprint density at radius 3 is 2.76 bits per heavy atom. The minimum absolute atomic E-state index is 0.121. The van der Waals surface area contributed by atoms with Crippen molar-refractivity contribution in [3.63, 3.8) is 0 Å². The molecule has 2 aliphatic heterocycles. The number of amides is 2.